The summed E-state index contributed by atoms with van der Waals surface area (Å²) in [4.78, 5) is 4.19. The van der Waals surface area contributed by atoms with E-state index in [4.69, 9.17) is 23.9 Å². The fraction of sp³-hybridized carbons (Fsp3) is 0.333. The maximum absolute atomic E-state index is 13.4. The molecule has 0 amide bonds. The van der Waals surface area contributed by atoms with E-state index in [2.05, 4.69) is 27.2 Å². The van der Waals surface area contributed by atoms with Gasteiger partial charge in [-0.3, -0.25) is 0 Å². The summed E-state index contributed by atoms with van der Waals surface area (Å²) in [6.45, 7) is 1.82. The second-order valence-corrected chi connectivity index (χ2v) is 6.61. The van der Waals surface area contributed by atoms with Crippen LogP contribution < -0.4 is 5.32 Å². The van der Waals surface area contributed by atoms with E-state index in [1.807, 2.05) is 0 Å². The van der Waals surface area contributed by atoms with Gasteiger partial charge in [0.15, 0.2) is 19.4 Å². The minimum Gasteiger partial charge on any atom is -0.467 e. The van der Waals surface area contributed by atoms with Gasteiger partial charge in [0.2, 0.25) is 5.28 Å². The van der Waals surface area contributed by atoms with Crippen LogP contribution in [0.5, 0.6) is 0 Å². The van der Waals surface area contributed by atoms with E-state index in [1.165, 1.54) is 11.4 Å². The van der Waals surface area contributed by atoms with Crippen molar-refractivity contribution in [3.8, 4) is 11.8 Å². The van der Waals surface area contributed by atoms with Gasteiger partial charge in [-0.25, -0.2) is 8.91 Å². The van der Waals surface area contributed by atoms with Crippen molar-refractivity contribution < 1.29 is 19.0 Å². The van der Waals surface area contributed by atoms with Crippen molar-refractivity contribution in [1.82, 2.24) is 14.6 Å². The molecular weight excluding hydrogens is 385 g/mol. The predicted octanol–water partition coefficient (Wildman–Crippen LogP) is 2.04. The van der Waals surface area contributed by atoms with Gasteiger partial charge in [-0.2, -0.15) is 4.98 Å². The van der Waals surface area contributed by atoms with Crippen LogP contribution in [0.25, 0.3) is 5.52 Å². The second kappa shape index (κ2) is 8.23. The molecule has 0 saturated heterocycles. The lowest BCUT2D eigenvalue weighted by Crippen LogP contribution is -2.25. The van der Waals surface area contributed by atoms with E-state index in [0.29, 0.717) is 41.3 Å². The number of alkyl halides is 1. The molecule has 1 unspecified atom stereocenters. The molecule has 0 spiro atoms. The van der Waals surface area contributed by atoms with E-state index in [9.17, 15) is 14.6 Å². The number of hydrogen-bond donors (Lipinski definition) is 3. The minimum atomic E-state index is -2.67. The Hall–Kier alpha value is -2.54. The van der Waals surface area contributed by atoms with Crippen LogP contribution in [0.2, 0.25) is 5.28 Å². The lowest BCUT2D eigenvalue weighted by Gasteiger charge is -2.08. The molecule has 0 bridgehead atoms. The smallest absolute Gasteiger partial charge is 0.243 e. The van der Waals surface area contributed by atoms with Crippen molar-refractivity contribution in [2.24, 2.45) is 0 Å². The van der Waals surface area contributed by atoms with Crippen LogP contribution in [0.1, 0.15) is 30.4 Å². The third kappa shape index (κ3) is 5.04. The number of nitrogens with one attached hydrogen (secondary N) is 1. The Bertz CT molecular complexity index is 1020. The zero-order valence-electron chi connectivity index (χ0n) is 15.0. The predicted molar refractivity (Wildman–Crippen MR) is 103 cm³/mol. The van der Waals surface area contributed by atoms with Gasteiger partial charge in [0.05, 0.1) is 19.0 Å². The zero-order chi connectivity index (χ0) is 20.3. The summed E-state index contributed by atoms with van der Waals surface area (Å²) in [5.74, 6) is 5.83. The molecule has 0 aliphatic heterocycles. The third-order valence-corrected chi connectivity index (χ3v) is 4.03. The van der Waals surface area contributed by atoms with Gasteiger partial charge >= 0.3 is 0 Å². The molecule has 28 heavy (non-hydrogen) atoms. The van der Waals surface area contributed by atoms with Crippen molar-refractivity contribution in [2.45, 2.75) is 38.2 Å². The average Bonchev–Trinajstić information content (AvgIpc) is 3.23. The Balaban J connectivity index is 2.06. The molecule has 0 aliphatic rings. The number of furan rings is 1. The van der Waals surface area contributed by atoms with Crippen LogP contribution in [-0.4, -0.2) is 44.5 Å². The average molecular weight is 403 g/mol. The van der Waals surface area contributed by atoms with Gasteiger partial charge in [0, 0.05) is 0 Å². The topological polar surface area (TPSA) is 95.8 Å². The van der Waals surface area contributed by atoms with Crippen LogP contribution in [0.15, 0.2) is 28.9 Å². The normalized spacial score (nSPS) is 12.6. The first kappa shape index (κ1) is 20.2. The van der Waals surface area contributed by atoms with Crippen molar-refractivity contribution >= 4 is 30.8 Å². The molecule has 7 nitrogen and oxygen atoms in total. The SMILES string of the molecule is [B]C(O)(O)C#Cc1c(CCC(C)F)cc2c(NCc3ccco3)nc(Cl)nn12. The summed E-state index contributed by atoms with van der Waals surface area (Å²) in [5, 5.41) is 25.8. The number of aryl methyl sites for hydroxylation is 1. The lowest BCUT2D eigenvalue weighted by atomic mass is 9.95. The Labute approximate surface area is 166 Å². The quantitative estimate of drug-likeness (QED) is 0.332. The van der Waals surface area contributed by atoms with Crippen LogP contribution in [-0.2, 0) is 13.0 Å². The monoisotopic (exact) mass is 402 g/mol. The molecule has 0 aromatic carbocycles. The highest BCUT2D eigenvalue weighted by molar-refractivity contribution is 6.28. The minimum absolute atomic E-state index is 0.0505. The molecule has 0 aliphatic carbocycles. The molecule has 3 N–H and O–H groups in total. The molecule has 3 aromatic rings. The van der Waals surface area contributed by atoms with Crippen LogP contribution in [0, 0.1) is 11.8 Å². The largest absolute Gasteiger partial charge is 0.467 e. The van der Waals surface area contributed by atoms with Crippen LogP contribution in [0.4, 0.5) is 10.2 Å². The summed E-state index contributed by atoms with van der Waals surface area (Å²) in [5.41, 5.74) is -1.16. The molecule has 3 rings (SSSR count). The Morgan fingerprint density at radius 2 is 2.29 bits per heavy atom. The fourth-order valence-corrected chi connectivity index (χ4v) is 2.78. The summed E-state index contributed by atoms with van der Waals surface area (Å²) in [6.07, 6.45) is 1.16. The van der Waals surface area contributed by atoms with Crippen LogP contribution >= 0.6 is 11.6 Å². The second-order valence-electron chi connectivity index (χ2n) is 6.27. The highest BCUT2D eigenvalue weighted by Crippen LogP contribution is 2.24. The molecule has 1 atom stereocenters. The van der Waals surface area contributed by atoms with Crippen LogP contribution in [0.3, 0.4) is 0 Å². The van der Waals surface area contributed by atoms with E-state index in [0.717, 1.165) is 0 Å². The Kier molecular flexibility index (Phi) is 5.94. The number of halogens is 2. The van der Waals surface area contributed by atoms with Crippen molar-refractivity contribution in [3.63, 3.8) is 0 Å². The van der Waals surface area contributed by atoms with E-state index in [1.54, 1.807) is 24.5 Å². The molecule has 10 heteroatoms. The summed E-state index contributed by atoms with van der Waals surface area (Å²) < 4.78 is 20.1. The molecular formula is C18H17BClFN4O3. The molecule has 0 fully saturated rings. The lowest BCUT2D eigenvalue weighted by molar-refractivity contribution is -0.0329. The highest BCUT2D eigenvalue weighted by atomic mass is 35.5. The highest BCUT2D eigenvalue weighted by Gasteiger charge is 2.17. The number of aliphatic hydroxyl groups is 2. The van der Waals surface area contributed by atoms with E-state index in [-0.39, 0.29) is 11.7 Å². The molecule has 0 saturated carbocycles. The van der Waals surface area contributed by atoms with Crippen molar-refractivity contribution in [3.05, 3.63) is 46.8 Å². The van der Waals surface area contributed by atoms with E-state index >= 15 is 0 Å². The number of hydrogen-bond acceptors (Lipinski definition) is 6. The third-order valence-electron chi connectivity index (χ3n) is 3.87. The maximum atomic E-state index is 13.4. The number of aromatic nitrogens is 3. The summed E-state index contributed by atoms with van der Waals surface area (Å²) >= 11 is 6.05. The Morgan fingerprint density at radius 3 is 2.93 bits per heavy atom. The number of anilines is 1. The summed E-state index contributed by atoms with van der Waals surface area (Å²) in [7, 11) is 5.12. The number of fused-ring (bicyclic) bond motifs is 1. The van der Waals surface area contributed by atoms with Gasteiger partial charge in [-0.05, 0) is 67.0 Å². The van der Waals surface area contributed by atoms with Gasteiger partial charge in [0.25, 0.3) is 0 Å². The number of rotatable bonds is 6. The van der Waals surface area contributed by atoms with Gasteiger partial charge < -0.3 is 19.9 Å². The van der Waals surface area contributed by atoms with Crippen molar-refractivity contribution in [1.29, 1.82) is 0 Å². The van der Waals surface area contributed by atoms with Gasteiger partial charge in [0.1, 0.15) is 17.0 Å². The van der Waals surface area contributed by atoms with Gasteiger partial charge in [-0.1, -0.05) is 0 Å². The molecule has 3 aromatic heterocycles. The molecule has 2 radical (unpaired) electrons. The van der Waals surface area contributed by atoms with Crippen molar-refractivity contribution in [2.75, 3.05) is 5.32 Å². The van der Waals surface area contributed by atoms with Gasteiger partial charge in [-0.15, -0.1) is 5.10 Å². The molecule has 3 heterocycles. The fourth-order valence-electron chi connectivity index (χ4n) is 2.62. The maximum Gasteiger partial charge on any atom is 0.243 e. The Morgan fingerprint density at radius 1 is 1.50 bits per heavy atom. The van der Waals surface area contributed by atoms with E-state index < -0.39 is 11.9 Å². The first-order chi connectivity index (χ1) is 13.2. The first-order valence-electron chi connectivity index (χ1n) is 8.48. The standard InChI is InChI=1S/C18H17BClFN4O3/c1-11(21)4-5-12-9-15-16(22-10-13-3-2-8-28-13)23-17(20)24-25(15)14(12)6-7-18(19,26)27/h2-3,8-9,11,26-27H,4-5,10H2,1H3,(H,22,23,24). The summed E-state index contributed by atoms with van der Waals surface area (Å²) in [6, 6.07) is 5.32. The molecule has 144 valence electrons. The zero-order valence-corrected chi connectivity index (χ0v) is 15.7. The first-order valence-corrected chi connectivity index (χ1v) is 8.86. The number of nitrogens with zero attached hydrogens (tertiary/aromatic N) is 3.